The third-order valence-corrected chi connectivity index (χ3v) is 3.52. The Kier molecular flexibility index (Phi) is 4.40. The molecule has 0 bridgehead atoms. The van der Waals surface area contributed by atoms with Crippen molar-refractivity contribution < 1.29 is 5.11 Å². The quantitative estimate of drug-likeness (QED) is 0.721. The van der Waals surface area contributed by atoms with Gasteiger partial charge in [0.05, 0.1) is 6.10 Å². The highest BCUT2D eigenvalue weighted by atomic mass is 32.2. The van der Waals surface area contributed by atoms with Crippen LogP contribution in [-0.2, 0) is 0 Å². The predicted molar refractivity (Wildman–Crippen MR) is 54.7 cm³/mol. The highest BCUT2D eigenvalue weighted by Gasteiger charge is 2.25. The number of hydrogen-bond acceptors (Lipinski definition) is 3. The van der Waals surface area contributed by atoms with Gasteiger partial charge in [-0.2, -0.15) is 11.8 Å². The van der Waals surface area contributed by atoms with Gasteiger partial charge in [0.25, 0.3) is 0 Å². The fourth-order valence-corrected chi connectivity index (χ4v) is 2.90. The maximum atomic E-state index is 9.79. The van der Waals surface area contributed by atoms with Crippen LogP contribution in [0.15, 0.2) is 0 Å². The first-order valence-electron chi connectivity index (χ1n) is 4.71. The molecule has 0 aliphatic carbocycles. The van der Waals surface area contributed by atoms with Gasteiger partial charge in [-0.05, 0) is 13.5 Å². The van der Waals surface area contributed by atoms with Crippen molar-refractivity contribution >= 4 is 11.8 Å². The summed E-state index contributed by atoms with van der Waals surface area (Å²) in [5, 5.41) is 9.79. The van der Waals surface area contributed by atoms with E-state index in [1.807, 2.05) is 11.8 Å². The van der Waals surface area contributed by atoms with Crippen molar-refractivity contribution in [2.75, 3.05) is 25.1 Å². The summed E-state index contributed by atoms with van der Waals surface area (Å²) in [6.07, 6.45) is 1.90. The normalized spacial score (nSPS) is 28.8. The van der Waals surface area contributed by atoms with E-state index in [4.69, 9.17) is 0 Å². The average molecular weight is 189 g/mol. The topological polar surface area (TPSA) is 23.5 Å². The standard InChI is InChI=1S/C9H19NOS/c1-3-4-9(11)8-7-12-6-5-10(8)2/h8-9,11H,3-7H2,1-2H3. The molecule has 2 nitrogen and oxygen atoms in total. The van der Waals surface area contributed by atoms with Crippen molar-refractivity contribution in [3.8, 4) is 0 Å². The van der Waals surface area contributed by atoms with E-state index >= 15 is 0 Å². The summed E-state index contributed by atoms with van der Waals surface area (Å²) >= 11 is 1.96. The van der Waals surface area contributed by atoms with Crippen molar-refractivity contribution in [2.45, 2.75) is 31.9 Å². The Labute approximate surface area is 79.3 Å². The fourth-order valence-electron chi connectivity index (χ4n) is 1.60. The Morgan fingerprint density at radius 3 is 3.00 bits per heavy atom. The molecule has 1 fully saturated rings. The van der Waals surface area contributed by atoms with E-state index in [1.165, 1.54) is 5.75 Å². The molecule has 1 N–H and O–H groups in total. The van der Waals surface area contributed by atoms with Crippen LogP contribution < -0.4 is 0 Å². The SMILES string of the molecule is CCCC(O)C1CSCCN1C. The van der Waals surface area contributed by atoms with E-state index in [0.29, 0.717) is 6.04 Å². The van der Waals surface area contributed by atoms with Crippen molar-refractivity contribution in [3.05, 3.63) is 0 Å². The zero-order chi connectivity index (χ0) is 8.97. The maximum absolute atomic E-state index is 9.79. The Bertz CT molecular complexity index is 132. The van der Waals surface area contributed by atoms with E-state index in [2.05, 4.69) is 18.9 Å². The second kappa shape index (κ2) is 5.10. The summed E-state index contributed by atoms with van der Waals surface area (Å²) in [6, 6.07) is 0.392. The molecule has 1 heterocycles. The van der Waals surface area contributed by atoms with Crippen molar-refractivity contribution in [3.63, 3.8) is 0 Å². The molecule has 0 aromatic carbocycles. The number of rotatable bonds is 3. The first-order valence-corrected chi connectivity index (χ1v) is 5.87. The molecule has 72 valence electrons. The molecular formula is C9H19NOS. The molecular weight excluding hydrogens is 170 g/mol. The van der Waals surface area contributed by atoms with Crippen molar-refractivity contribution in [2.24, 2.45) is 0 Å². The van der Waals surface area contributed by atoms with Gasteiger partial charge in [-0.25, -0.2) is 0 Å². The number of likely N-dealkylation sites (N-methyl/N-ethyl adjacent to an activating group) is 1. The Morgan fingerprint density at radius 2 is 2.42 bits per heavy atom. The van der Waals surface area contributed by atoms with Crippen molar-refractivity contribution in [1.82, 2.24) is 4.90 Å². The second-order valence-electron chi connectivity index (χ2n) is 3.48. The molecule has 0 aromatic heterocycles. The number of thioether (sulfide) groups is 1. The molecule has 2 atom stereocenters. The highest BCUT2D eigenvalue weighted by molar-refractivity contribution is 7.99. The number of hydrogen-bond donors (Lipinski definition) is 1. The van der Waals surface area contributed by atoms with Crippen LogP contribution in [0.4, 0.5) is 0 Å². The molecule has 0 saturated carbocycles. The number of nitrogens with zero attached hydrogens (tertiary/aromatic N) is 1. The molecule has 0 amide bonds. The first kappa shape index (κ1) is 10.4. The zero-order valence-corrected chi connectivity index (χ0v) is 8.81. The van der Waals surface area contributed by atoms with E-state index < -0.39 is 0 Å². The predicted octanol–water partition coefficient (Wildman–Crippen LogP) is 1.19. The minimum absolute atomic E-state index is 0.118. The van der Waals surface area contributed by atoms with Crippen LogP contribution >= 0.6 is 11.8 Å². The molecule has 0 radical (unpaired) electrons. The highest BCUT2D eigenvalue weighted by Crippen LogP contribution is 2.19. The number of aliphatic hydroxyl groups excluding tert-OH is 1. The number of aliphatic hydroxyl groups is 1. The van der Waals surface area contributed by atoms with Gasteiger partial charge in [-0.1, -0.05) is 13.3 Å². The molecule has 2 unspecified atom stereocenters. The Balaban J connectivity index is 2.36. The summed E-state index contributed by atoms with van der Waals surface area (Å²) in [6.45, 7) is 3.25. The molecule has 0 aromatic rings. The van der Waals surface area contributed by atoms with E-state index in [0.717, 1.165) is 25.1 Å². The van der Waals surface area contributed by atoms with Crippen LogP contribution in [0.3, 0.4) is 0 Å². The molecule has 0 spiro atoms. The first-order chi connectivity index (χ1) is 5.75. The average Bonchev–Trinajstić information content (AvgIpc) is 2.05. The molecule has 1 aliphatic heterocycles. The van der Waals surface area contributed by atoms with Gasteiger partial charge in [0.2, 0.25) is 0 Å². The van der Waals surface area contributed by atoms with E-state index in [-0.39, 0.29) is 6.10 Å². The smallest absolute Gasteiger partial charge is 0.0703 e. The van der Waals surface area contributed by atoms with Gasteiger partial charge in [0, 0.05) is 24.1 Å². The minimum atomic E-state index is -0.118. The van der Waals surface area contributed by atoms with Gasteiger partial charge in [-0.15, -0.1) is 0 Å². The van der Waals surface area contributed by atoms with Gasteiger partial charge in [0.1, 0.15) is 0 Å². The van der Waals surface area contributed by atoms with Crippen LogP contribution in [0.1, 0.15) is 19.8 Å². The minimum Gasteiger partial charge on any atom is -0.391 e. The van der Waals surface area contributed by atoms with Crippen LogP contribution in [0, 0.1) is 0 Å². The van der Waals surface area contributed by atoms with Crippen LogP contribution in [0.2, 0.25) is 0 Å². The summed E-state index contributed by atoms with van der Waals surface area (Å²) in [4.78, 5) is 2.29. The van der Waals surface area contributed by atoms with Crippen molar-refractivity contribution in [1.29, 1.82) is 0 Å². The largest absolute Gasteiger partial charge is 0.391 e. The summed E-state index contributed by atoms with van der Waals surface area (Å²) in [5.74, 6) is 2.31. The third-order valence-electron chi connectivity index (χ3n) is 2.47. The molecule has 12 heavy (non-hydrogen) atoms. The Morgan fingerprint density at radius 1 is 1.67 bits per heavy atom. The molecule has 1 saturated heterocycles. The van der Waals surface area contributed by atoms with Gasteiger partial charge in [-0.3, -0.25) is 4.90 Å². The van der Waals surface area contributed by atoms with Gasteiger partial charge >= 0.3 is 0 Å². The van der Waals surface area contributed by atoms with Crippen LogP contribution in [-0.4, -0.2) is 47.3 Å². The van der Waals surface area contributed by atoms with Crippen LogP contribution in [0.5, 0.6) is 0 Å². The molecule has 3 heteroatoms. The zero-order valence-electron chi connectivity index (χ0n) is 7.99. The lowest BCUT2D eigenvalue weighted by Gasteiger charge is -2.35. The fraction of sp³-hybridized carbons (Fsp3) is 1.00. The van der Waals surface area contributed by atoms with Crippen LogP contribution in [0.25, 0.3) is 0 Å². The van der Waals surface area contributed by atoms with E-state index in [9.17, 15) is 5.11 Å². The summed E-state index contributed by atoms with van der Waals surface area (Å²) in [5.41, 5.74) is 0. The maximum Gasteiger partial charge on any atom is 0.0703 e. The van der Waals surface area contributed by atoms with E-state index in [1.54, 1.807) is 0 Å². The lowest BCUT2D eigenvalue weighted by atomic mass is 10.1. The lowest BCUT2D eigenvalue weighted by molar-refractivity contribution is 0.0689. The summed E-state index contributed by atoms with van der Waals surface area (Å²) in [7, 11) is 2.11. The van der Waals surface area contributed by atoms with Gasteiger partial charge < -0.3 is 5.11 Å². The monoisotopic (exact) mass is 189 g/mol. The lowest BCUT2D eigenvalue weighted by Crippen LogP contribution is -2.46. The molecule has 1 rings (SSSR count). The molecule has 1 aliphatic rings. The second-order valence-corrected chi connectivity index (χ2v) is 4.63. The van der Waals surface area contributed by atoms with Gasteiger partial charge in [0.15, 0.2) is 0 Å². The third kappa shape index (κ3) is 2.64. The summed E-state index contributed by atoms with van der Waals surface area (Å²) < 4.78 is 0. The Hall–Kier alpha value is 0.270.